The molecule has 15 heavy (non-hydrogen) atoms. The van der Waals surface area contributed by atoms with Crippen molar-refractivity contribution in [2.24, 2.45) is 5.41 Å². The maximum absolute atomic E-state index is 3.48. The highest BCUT2D eigenvalue weighted by Gasteiger charge is 2.11. The summed E-state index contributed by atoms with van der Waals surface area (Å²) in [6.45, 7) is 8.50. The summed E-state index contributed by atoms with van der Waals surface area (Å²) in [4.78, 5) is 0. The smallest absolute Gasteiger partial charge is 0.0205 e. The largest absolute Gasteiger partial charge is 0.312 e. The molecule has 1 rings (SSSR count). The SMILES string of the molecule is C/C=C/C(C)(C)CNCc1ccccc1. The molecule has 0 atom stereocenters. The van der Waals surface area contributed by atoms with Gasteiger partial charge in [-0.05, 0) is 17.9 Å². The molecule has 0 aliphatic heterocycles. The van der Waals surface area contributed by atoms with Gasteiger partial charge in [0.05, 0.1) is 0 Å². The van der Waals surface area contributed by atoms with Gasteiger partial charge in [0.1, 0.15) is 0 Å². The standard InChI is InChI=1S/C14H21N/c1-4-10-14(2,3)12-15-11-13-8-6-5-7-9-13/h4-10,15H,11-12H2,1-3H3/b10-4+. The number of nitrogens with one attached hydrogen (secondary N) is 1. The van der Waals surface area contributed by atoms with Crippen LogP contribution in [0.1, 0.15) is 26.3 Å². The van der Waals surface area contributed by atoms with Gasteiger partial charge in [0.15, 0.2) is 0 Å². The van der Waals surface area contributed by atoms with Gasteiger partial charge in [-0.15, -0.1) is 0 Å². The molecule has 0 aliphatic carbocycles. The Labute approximate surface area is 93.2 Å². The zero-order chi connectivity index (χ0) is 11.1. The molecule has 1 N–H and O–H groups in total. The van der Waals surface area contributed by atoms with Gasteiger partial charge in [-0.3, -0.25) is 0 Å². The van der Waals surface area contributed by atoms with Crippen molar-refractivity contribution in [2.75, 3.05) is 6.54 Å². The average Bonchev–Trinajstić information content (AvgIpc) is 2.19. The molecule has 0 saturated carbocycles. The molecule has 1 aromatic rings. The van der Waals surface area contributed by atoms with E-state index in [1.807, 2.05) is 6.07 Å². The van der Waals surface area contributed by atoms with Crippen molar-refractivity contribution in [1.29, 1.82) is 0 Å². The van der Waals surface area contributed by atoms with Crippen LogP contribution in [0.3, 0.4) is 0 Å². The summed E-state index contributed by atoms with van der Waals surface area (Å²) in [7, 11) is 0. The summed E-state index contributed by atoms with van der Waals surface area (Å²) >= 11 is 0. The Morgan fingerprint density at radius 2 is 1.87 bits per heavy atom. The van der Waals surface area contributed by atoms with E-state index in [2.05, 4.69) is 62.5 Å². The monoisotopic (exact) mass is 203 g/mol. The van der Waals surface area contributed by atoms with Crippen molar-refractivity contribution >= 4 is 0 Å². The van der Waals surface area contributed by atoms with E-state index in [1.54, 1.807) is 0 Å². The molecule has 0 fully saturated rings. The molecule has 0 heterocycles. The molecule has 1 heteroatoms. The number of hydrogen-bond acceptors (Lipinski definition) is 1. The van der Waals surface area contributed by atoms with E-state index in [0.29, 0.717) is 0 Å². The van der Waals surface area contributed by atoms with Crippen molar-refractivity contribution in [2.45, 2.75) is 27.3 Å². The maximum Gasteiger partial charge on any atom is 0.0205 e. The Morgan fingerprint density at radius 3 is 2.47 bits per heavy atom. The third-order valence-electron chi connectivity index (χ3n) is 2.37. The van der Waals surface area contributed by atoms with Crippen LogP contribution >= 0.6 is 0 Å². The quantitative estimate of drug-likeness (QED) is 0.723. The normalized spacial score (nSPS) is 12.2. The molecule has 0 amide bonds. The van der Waals surface area contributed by atoms with Crippen molar-refractivity contribution in [3.8, 4) is 0 Å². The first-order valence-corrected chi connectivity index (χ1v) is 5.52. The van der Waals surface area contributed by atoms with Crippen LogP contribution in [-0.4, -0.2) is 6.54 Å². The highest BCUT2D eigenvalue weighted by molar-refractivity contribution is 5.14. The second-order valence-electron chi connectivity index (χ2n) is 4.58. The average molecular weight is 203 g/mol. The molecule has 0 spiro atoms. The minimum absolute atomic E-state index is 0.240. The Balaban J connectivity index is 2.34. The van der Waals surface area contributed by atoms with E-state index in [4.69, 9.17) is 0 Å². The fourth-order valence-corrected chi connectivity index (χ4v) is 1.63. The van der Waals surface area contributed by atoms with Gasteiger partial charge in [0.2, 0.25) is 0 Å². The Bertz CT molecular complexity index is 298. The lowest BCUT2D eigenvalue weighted by Gasteiger charge is -2.20. The molecule has 0 radical (unpaired) electrons. The summed E-state index contributed by atoms with van der Waals surface area (Å²) in [6, 6.07) is 10.5. The predicted octanol–water partition coefficient (Wildman–Crippen LogP) is 3.38. The van der Waals surface area contributed by atoms with Crippen LogP contribution < -0.4 is 5.32 Å². The van der Waals surface area contributed by atoms with Crippen LogP contribution in [0.15, 0.2) is 42.5 Å². The van der Waals surface area contributed by atoms with E-state index in [1.165, 1.54) is 5.56 Å². The number of hydrogen-bond donors (Lipinski definition) is 1. The zero-order valence-corrected chi connectivity index (χ0v) is 9.96. The highest BCUT2D eigenvalue weighted by atomic mass is 14.9. The van der Waals surface area contributed by atoms with Crippen LogP contribution in [-0.2, 0) is 6.54 Å². The summed E-state index contributed by atoms with van der Waals surface area (Å²) < 4.78 is 0. The minimum Gasteiger partial charge on any atom is -0.312 e. The van der Waals surface area contributed by atoms with Crippen LogP contribution in [0.4, 0.5) is 0 Å². The Morgan fingerprint density at radius 1 is 1.20 bits per heavy atom. The lowest BCUT2D eigenvalue weighted by Crippen LogP contribution is -2.27. The molecule has 0 unspecified atom stereocenters. The lowest BCUT2D eigenvalue weighted by molar-refractivity contribution is 0.432. The molecular formula is C14H21N. The van der Waals surface area contributed by atoms with E-state index in [-0.39, 0.29) is 5.41 Å². The molecule has 1 nitrogen and oxygen atoms in total. The van der Waals surface area contributed by atoms with Crippen molar-refractivity contribution in [3.05, 3.63) is 48.0 Å². The topological polar surface area (TPSA) is 12.0 Å². The summed E-state index contributed by atoms with van der Waals surface area (Å²) in [5.74, 6) is 0. The van der Waals surface area contributed by atoms with E-state index < -0.39 is 0 Å². The summed E-state index contributed by atoms with van der Waals surface area (Å²) in [5, 5.41) is 3.48. The van der Waals surface area contributed by atoms with E-state index in [0.717, 1.165) is 13.1 Å². The first-order valence-electron chi connectivity index (χ1n) is 5.52. The minimum atomic E-state index is 0.240. The lowest BCUT2D eigenvalue weighted by atomic mass is 9.93. The summed E-state index contributed by atoms with van der Waals surface area (Å²) in [6.07, 6.45) is 4.36. The molecule has 0 bridgehead atoms. The maximum atomic E-state index is 3.48. The zero-order valence-electron chi connectivity index (χ0n) is 9.96. The molecular weight excluding hydrogens is 182 g/mol. The van der Waals surface area contributed by atoms with Crippen molar-refractivity contribution in [3.63, 3.8) is 0 Å². The van der Waals surface area contributed by atoms with Gasteiger partial charge in [-0.1, -0.05) is 56.3 Å². The van der Waals surface area contributed by atoms with Crippen LogP contribution in [0.2, 0.25) is 0 Å². The molecule has 1 aromatic carbocycles. The third-order valence-corrected chi connectivity index (χ3v) is 2.37. The van der Waals surface area contributed by atoms with Crippen molar-refractivity contribution in [1.82, 2.24) is 5.32 Å². The third kappa shape index (κ3) is 4.80. The van der Waals surface area contributed by atoms with Crippen LogP contribution in [0, 0.1) is 5.41 Å². The van der Waals surface area contributed by atoms with Gasteiger partial charge in [0.25, 0.3) is 0 Å². The second-order valence-corrected chi connectivity index (χ2v) is 4.58. The number of benzene rings is 1. The first-order chi connectivity index (χ1) is 7.14. The Hall–Kier alpha value is -1.08. The van der Waals surface area contributed by atoms with Crippen LogP contribution in [0.25, 0.3) is 0 Å². The first kappa shape index (κ1) is 12.0. The molecule has 0 saturated heterocycles. The summed E-state index contributed by atoms with van der Waals surface area (Å²) in [5.41, 5.74) is 1.58. The molecule has 82 valence electrons. The van der Waals surface area contributed by atoms with E-state index >= 15 is 0 Å². The van der Waals surface area contributed by atoms with E-state index in [9.17, 15) is 0 Å². The number of allylic oxidation sites excluding steroid dienone is 1. The highest BCUT2D eigenvalue weighted by Crippen LogP contribution is 2.15. The van der Waals surface area contributed by atoms with Crippen molar-refractivity contribution < 1.29 is 0 Å². The second kappa shape index (κ2) is 5.72. The Kier molecular flexibility index (Phi) is 4.57. The predicted molar refractivity (Wildman–Crippen MR) is 66.7 cm³/mol. The van der Waals surface area contributed by atoms with Gasteiger partial charge in [0, 0.05) is 13.1 Å². The number of rotatable bonds is 5. The van der Waals surface area contributed by atoms with Gasteiger partial charge in [-0.2, -0.15) is 0 Å². The fourth-order valence-electron chi connectivity index (χ4n) is 1.63. The van der Waals surface area contributed by atoms with Gasteiger partial charge >= 0.3 is 0 Å². The molecule has 0 aromatic heterocycles. The van der Waals surface area contributed by atoms with Crippen LogP contribution in [0.5, 0.6) is 0 Å². The molecule has 0 aliphatic rings. The van der Waals surface area contributed by atoms with Gasteiger partial charge in [-0.25, -0.2) is 0 Å². The fraction of sp³-hybridized carbons (Fsp3) is 0.429. The van der Waals surface area contributed by atoms with Gasteiger partial charge < -0.3 is 5.32 Å².